The predicted molar refractivity (Wildman–Crippen MR) is 138 cm³/mol. The number of quaternary nitrogens is 1. The van der Waals surface area contributed by atoms with Crippen molar-refractivity contribution in [2.45, 2.75) is 71.8 Å². The number of Topliss-reactive ketones (excluding diaryl/α,β-unsaturated/α-hetero) is 1. The maximum Gasteiger partial charge on any atom is 0.383 e. The van der Waals surface area contributed by atoms with Gasteiger partial charge in [0.1, 0.15) is 0 Å². The van der Waals surface area contributed by atoms with Gasteiger partial charge >= 0.3 is 11.9 Å². The number of benzene rings is 2. The Labute approximate surface area is 209 Å². The summed E-state index contributed by atoms with van der Waals surface area (Å²) in [6, 6.07) is 18.9. The number of aliphatic carboxylic acids is 1. The number of likely N-dealkylation sites (tertiary alicyclic amines) is 1. The summed E-state index contributed by atoms with van der Waals surface area (Å²) in [6.45, 7) is 8.25. The van der Waals surface area contributed by atoms with Gasteiger partial charge in [-0.1, -0.05) is 88.4 Å². The maximum atomic E-state index is 14.1. The summed E-state index contributed by atoms with van der Waals surface area (Å²) in [7, 11) is 0. The SMILES string of the molecule is CCC(c1ccccc1)C1CCC[N+](CCc2ccccc2)(C(=O)C(=O)C(C)(C)CC)C1C(=O)O. The lowest BCUT2D eigenvalue weighted by molar-refractivity contribution is -0.878. The van der Waals surface area contributed by atoms with E-state index in [1.54, 1.807) is 13.8 Å². The van der Waals surface area contributed by atoms with Gasteiger partial charge in [-0.15, -0.1) is 0 Å². The number of hydrogen-bond donors (Lipinski definition) is 1. The van der Waals surface area contributed by atoms with E-state index < -0.39 is 29.1 Å². The zero-order valence-corrected chi connectivity index (χ0v) is 21.6. The Kier molecular flexibility index (Phi) is 8.65. The van der Waals surface area contributed by atoms with Gasteiger partial charge in [0, 0.05) is 17.8 Å². The molecule has 1 aliphatic rings. The molecule has 0 aliphatic carbocycles. The first kappa shape index (κ1) is 26.8. The van der Waals surface area contributed by atoms with Crippen LogP contribution < -0.4 is 0 Å². The highest BCUT2D eigenvalue weighted by atomic mass is 16.4. The van der Waals surface area contributed by atoms with Gasteiger partial charge in [0.15, 0.2) is 6.04 Å². The first-order chi connectivity index (χ1) is 16.7. The molecule has 4 atom stereocenters. The first-order valence-electron chi connectivity index (χ1n) is 13.0. The van der Waals surface area contributed by atoms with Gasteiger partial charge in [-0.2, -0.15) is 0 Å². The third-order valence-electron chi connectivity index (χ3n) is 8.21. The Morgan fingerprint density at radius 1 is 1.00 bits per heavy atom. The molecule has 35 heavy (non-hydrogen) atoms. The standard InChI is InChI=1S/C30H39NO4/c1-5-24(23-16-11-8-12-17-23)25-18-13-20-31(26(25)29(34)35,21-19-22-14-9-7-10-15-22)28(33)27(32)30(3,4)6-2/h7-12,14-17,24-26H,5-6,13,18-21H2,1-4H3/p+1. The molecule has 2 aromatic rings. The number of carbonyl (C=O) groups excluding carboxylic acids is 2. The summed E-state index contributed by atoms with van der Waals surface area (Å²) in [4.78, 5) is 40.7. The summed E-state index contributed by atoms with van der Waals surface area (Å²) < 4.78 is -0.291. The van der Waals surface area contributed by atoms with Crippen LogP contribution in [0.4, 0.5) is 0 Å². The average Bonchev–Trinajstić information content (AvgIpc) is 2.88. The number of ketones is 1. The first-order valence-corrected chi connectivity index (χ1v) is 13.0. The normalized spacial score (nSPS) is 23.4. The van der Waals surface area contributed by atoms with E-state index >= 15 is 0 Å². The molecule has 1 heterocycles. The van der Waals surface area contributed by atoms with Gasteiger partial charge in [0.25, 0.3) is 5.78 Å². The number of carboxylic acid groups (broad SMARTS) is 1. The highest BCUT2D eigenvalue weighted by molar-refractivity contribution is 6.35. The molecule has 188 valence electrons. The van der Waals surface area contributed by atoms with E-state index in [1.165, 1.54) is 0 Å². The molecule has 0 aromatic heterocycles. The molecular formula is C30H40NO4+. The van der Waals surface area contributed by atoms with Crippen molar-refractivity contribution in [1.29, 1.82) is 0 Å². The second-order valence-electron chi connectivity index (χ2n) is 10.6. The van der Waals surface area contributed by atoms with Crippen molar-refractivity contribution in [2.75, 3.05) is 13.1 Å². The van der Waals surface area contributed by atoms with Crippen molar-refractivity contribution in [3.05, 3.63) is 71.8 Å². The van der Waals surface area contributed by atoms with Crippen LogP contribution in [0.15, 0.2) is 60.7 Å². The Morgan fingerprint density at radius 2 is 1.60 bits per heavy atom. The van der Waals surface area contributed by atoms with Crippen LogP contribution in [0.3, 0.4) is 0 Å². The summed E-state index contributed by atoms with van der Waals surface area (Å²) in [5.41, 5.74) is 1.32. The summed E-state index contributed by atoms with van der Waals surface area (Å²) in [5.74, 6) is -2.19. The molecule has 0 spiro atoms. The molecule has 2 aromatic carbocycles. The number of carbonyl (C=O) groups is 3. The maximum absolute atomic E-state index is 14.1. The zero-order valence-electron chi connectivity index (χ0n) is 21.6. The molecule has 1 amide bonds. The molecule has 1 saturated heterocycles. The van der Waals surface area contributed by atoms with Crippen LogP contribution in [0.25, 0.3) is 0 Å². The van der Waals surface area contributed by atoms with E-state index in [-0.39, 0.29) is 16.3 Å². The van der Waals surface area contributed by atoms with Crippen LogP contribution in [-0.2, 0) is 20.8 Å². The molecule has 3 rings (SSSR count). The Hall–Kier alpha value is -2.79. The minimum absolute atomic E-state index is 0.00825. The van der Waals surface area contributed by atoms with Crippen LogP contribution in [0, 0.1) is 11.3 Å². The van der Waals surface area contributed by atoms with E-state index in [2.05, 4.69) is 6.92 Å². The molecule has 1 N–H and O–H groups in total. The van der Waals surface area contributed by atoms with Crippen LogP contribution in [0.1, 0.15) is 70.4 Å². The summed E-state index contributed by atoms with van der Waals surface area (Å²) >= 11 is 0. The van der Waals surface area contributed by atoms with Crippen molar-refractivity contribution in [1.82, 2.24) is 0 Å². The molecule has 0 bridgehead atoms. The third-order valence-corrected chi connectivity index (χ3v) is 8.21. The lowest BCUT2D eigenvalue weighted by Gasteiger charge is -2.49. The van der Waals surface area contributed by atoms with Crippen molar-refractivity contribution >= 4 is 17.7 Å². The van der Waals surface area contributed by atoms with E-state index in [9.17, 15) is 19.5 Å². The van der Waals surface area contributed by atoms with Crippen molar-refractivity contribution in [3.8, 4) is 0 Å². The second kappa shape index (κ2) is 11.3. The van der Waals surface area contributed by atoms with Gasteiger partial charge in [-0.3, -0.25) is 4.79 Å². The van der Waals surface area contributed by atoms with Crippen LogP contribution in [0.5, 0.6) is 0 Å². The smallest absolute Gasteiger partial charge is 0.383 e. The highest BCUT2D eigenvalue weighted by Gasteiger charge is 2.58. The molecular weight excluding hydrogens is 438 g/mol. The van der Waals surface area contributed by atoms with Gasteiger partial charge < -0.3 is 5.11 Å². The fourth-order valence-corrected chi connectivity index (χ4v) is 5.78. The van der Waals surface area contributed by atoms with Crippen molar-refractivity contribution in [2.24, 2.45) is 11.3 Å². The monoisotopic (exact) mass is 478 g/mol. The van der Waals surface area contributed by atoms with Crippen molar-refractivity contribution < 1.29 is 24.0 Å². The van der Waals surface area contributed by atoms with Gasteiger partial charge in [0.2, 0.25) is 0 Å². The fraction of sp³-hybridized carbons (Fsp3) is 0.500. The molecule has 5 nitrogen and oxygen atoms in total. The lowest BCUT2D eigenvalue weighted by Crippen LogP contribution is -2.70. The largest absolute Gasteiger partial charge is 0.477 e. The highest BCUT2D eigenvalue weighted by Crippen LogP contribution is 2.42. The van der Waals surface area contributed by atoms with E-state index in [0.717, 1.165) is 30.4 Å². The number of piperidine rings is 1. The Morgan fingerprint density at radius 3 is 2.14 bits per heavy atom. The van der Waals surface area contributed by atoms with E-state index in [4.69, 9.17) is 0 Å². The van der Waals surface area contributed by atoms with Crippen LogP contribution in [-0.4, -0.2) is 46.4 Å². The molecule has 5 heteroatoms. The van der Waals surface area contributed by atoms with Crippen LogP contribution >= 0.6 is 0 Å². The predicted octanol–water partition coefficient (Wildman–Crippen LogP) is 5.63. The van der Waals surface area contributed by atoms with E-state index in [0.29, 0.717) is 25.9 Å². The Bertz CT molecular complexity index is 1020. The van der Waals surface area contributed by atoms with Gasteiger partial charge in [-0.05, 0) is 42.7 Å². The zero-order chi connectivity index (χ0) is 25.6. The number of nitrogens with zero attached hydrogens (tertiary/aromatic N) is 1. The minimum atomic E-state index is -0.979. The Balaban J connectivity index is 2.10. The summed E-state index contributed by atoms with van der Waals surface area (Å²) in [6.07, 6.45) is 3.30. The van der Waals surface area contributed by atoms with Crippen molar-refractivity contribution in [3.63, 3.8) is 0 Å². The second-order valence-corrected chi connectivity index (χ2v) is 10.6. The molecule has 0 saturated carbocycles. The topological polar surface area (TPSA) is 71.4 Å². The molecule has 1 fully saturated rings. The number of carboxylic acids is 1. The quantitative estimate of drug-likeness (QED) is 0.355. The third kappa shape index (κ3) is 5.56. The number of hydrogen-bond acceptors (Lipinski definition) is 3. The average molecular weight is 479 g/mol. The minimum Gasteiger partial charge on any atom is -0.477 e. The lowest BCUT2D eigenvalue weighted by atomic mass is 9.72. The fourth-order valence-electron chi connectivity index (χ4n) is 5.78. The summed E-state index contributed by atoms with van der Waals surface area (Å²) in [5, 5.41) is 10.6. The van der Waals surface area contributed by atoms with Crippen LogP contribution in [0.2, 0.25) is 0 Å². The molecule has 4 unspecified atom stereocenters. The van der Waals surface area contributed by atoms with Gasteiger partial charge in [0.05, 0.1) is 13.1 Å². The number of amides is 1. The van der Waals surface area contributed by atoms with E-state index in [1.807, 2.05) is 67.6 Å². The molecule has 0 radical (unpaired) electrons. The van der Waals surface area contributed by atoms with Gasteiger partial charge in [-0.25, -0.2) is 14.1 Å². The number of rotatable bonds is 10. The molecule has 1 aliphatic heterocycles.